The highest BCUT2D eigenvalue weighted by atomic mass is 16.1. The highest BCUT2D eigenvalue weighted by Crippen LogP contribution is 1.72. The van der Waals surface area contributed by atoms with Crippen LogP contribution in [0.4, 0.5) is 0 Å². The summed E-state index contributed by atoms with van der Waals surface area (Å²) >= 11 is 0. The van der Waals surface area contributed by atoms with Crippen LogP contribution in [-0.2, 0) is 4.79 Å². The standard InChI is InChI=1S/C7H17N3O/c1-6(2)10-4-3-9-5-7(8)11/h6,9-10H,3-5H2,1-2H3,(H2,8,11). The number of carbonyl (C=O) groups is 1. The summed E-state index contributed by atoms with van der Waals surface area (Å²) in [5.41, 5.74) is 4.91. The van der Waals surface area contributed by atoms with Crippen LogP contribution in [-0.4, -0.2) is 31.6 Å². The van der Waals surface area contributed by atoms with Crippen LogP contribution in [0.3, 0.4) is 0 Å². The van der Waals surface area contributed by atoms with Crippen LogP contribution < -0.4 is 16.4 Å². The molecule has 4 N–H and O–H groups in total. The van der Waals surface area contributed by atoms with Gasteiger partial charge in [0.15, 0.2) is 0 Å². The van der Waals surface area contributed by atoms with Crippen LogP contribution in [0.15, 0.2) is 0 Å². The fourth-order valence-corrected chi connectivity index (χ4v) is 0.661. The predicted octanol–water partition coefficient (Wildman–Crippen LogP) is -0.941. The molecule has 0 aliphatic rings. The fourth-order valence-electron chi connectivity index (χ4n) is 0.661. The second-order valence-electron chi connectivity index (χ2n) is 2.75. The Bertz CT molecular complexity index is 114. The Morgan fingerprint density at radius 2 is 2.09 bits per heavy atom. The lowest BCUT2D eigenvalue weighted by Gasteiger charge is -2.07. The molecule has 0 unspecified atom stereocenters. The summed E-state index contributed by atoms with van der Waals surface area (Å²) in [5, 5.41) is 6.11. The summed E-state index contributed by atoms with van der Waals surface area (Å²) in [7, 11) is 0. The van der Waals surface area contributed by atoms with Crippen molar-refractivity contribution < 1.29 is 4.79 Å². The van der Waals surface area contributed by atoms with Crippen molar-refractivity contribution in [1.82, 2.24) is 10.6 Å². The Hall–Kier alpha value is -0.610. The lowest BCUT2D eigenvalue weighted by atomic mass is 10.4. The minimum absolute atomic E-state index is 0.264. The van der Waals surface area contributed by atoms with Gasteiger partial charge in [-0.25, -0.2) is 0 Å². The van der Waals surface area contributed by atoms with Gasteiger partial charge in [-0.15, -0.1) is 0 Å². The first-order valence-corrected chi connectivity index (χ1v) is 3.85. The average Bonchev–Trinajstić information content (AvgIpc) is 1.85. The van der Waals surface area contributed by atoms with Crippen molar-refractivity contribution in [3.05, 3.63) is 0 Å². The zero-order chi connectivity index (χ0) is 8.69. The third kappa shape index (κ3) is 9.39. The summed E-state index contributed by atoms with van der Waals surface area (Å²) in [4.78, 5) is 10.2. The maximum Gasteiger partial charge on any atom is 0.231 e. The van der Waals surface area contributed by atoms with Gasteiger partial charge >= 0.3 is 0 Å². The van der Waals surface area contributed by atoms with Crippen LogP contribution in [0, 0.1) is 0 Å². The molecule has 11 heavy (non-hydrogen) atoms. The van der Waals surface area contributed by atoms with E-state index in [1.54, 1.807) is 0 Å². The molecule has 0 aromatic carbocycles. The van der Waals surface area contributed by atoms with Crippen LogP contribution in [0.5, 0.6) is 0 Å². The maximum atomic E-state index is 10.2. The fraction of sp³-hybridized carbons (Fsp3) is 0.857. The van der Waals surface area contributed by atoms with E-state index in [4.69, 9.17) is 5.73 Å². The van der Waals surface area contributed by atoms with Crippen molar-refractivity contribution >= 4 is 5.91 Å². The van der Waals surface area contributed by atoms with Crippen LogP contribution in [0.1, 0.15) is 13.8 Å². The van der Waals surface area contributed by atoms with E-state index in [2.05, 4.69) is 24.5 Å². The number of nitrogens with one attached hydrogen (secondary N) is 2. The van der Waals surface area contributed by atoms with Gasteiger partial charge < -0.3 is 16.4 Å². The first kappa shape index (κ1) is 10.4. The molecule has 0 aliphatic heterocycles. The Balaban J connectivity index is 2.97. The Morgan fingerprint density at radius 3 is 2.55 bits per heavy atom. The molecule has 4 heteroatoms. The molecule has 4 nitrogen and oxygen atoms in total. The van der Waals surface area contributed by atoms with Gasteiger partial charge in [0.2, 0.25) is 5.91 Å². The van der Waals surface area contributed by atoms with Gasteiger partial charge in [0.05, 0.1) is 6.54 Å². The lowest BCUT2D eigenvalue weighted by molar-refractivity contribution is -0.117. The van der Waals surface area contributed by atoms with Crippen molar-refractivity contribution in [2.45, 2.75) is 19.9 Å². The molecule has 0 rings (SSSR count). The van der Waals surface area contributed by atoms with E-state index in [9.17, 15) is 4.79 Å². The summed E-state index contributed by atoms with van der Waals surface area (Å²) in [6, 6.07) is 0.491. The monoisotopic (exact) mass is 159 g/mol. The number of primary amides is 1. The van der Waals surface area contributed by atoms with Gasteiger partial charge in [0, 0.05) is 19.1 Å². The highest BCUT2D eigenvalue weighted by molar-refractivity contribution is 5.75. The van der Waals surface area contributed by atoms with Gasteiger partial charge in [0.25, 0.3) is 0 Å². The minimum atomic E-state index is -0.311. The third-order valence-electron chi connectivity index (χ3n) is 1.15. The lowest BCUT2D eigenvalue weighted by Crippen LogP contribution is -2.35. The summed E-state index contributed by atoms with van der Waals surface area (Å²) < 4.78 is 0. The van der Waals surface area contributed by atoms with E-state index in [1.165, 1.54) is 0 Å². The zero-order valence-corrected chi connectivity index (χ0v) is 7.18. The molecule has 0 radical (unpaired) electrons. The van der Waals surface area contributed by atoms with E-state index < -0.39 is 0 Å². The van der Waals surface area contributed by atoms with Crippen LogP contribution >= 0.6 is 0 Å². The number of nitrogens with two attached hydrogens (primary N) is 1. The molecule has 0 aliphatic carbocycles. The van der Waals surface area contributed by atoms with Crippen LogP contribution in [0.2, 0.25) is 0 Å². The van der Waals surface area contributed by atoms with Crippen molar-refractivity contribution in [1.29, 1.82) is 0 Å². The van der Waals surface area contributed by atoms with Gasteiger partial charge in [-0.1, -0.05) is 13.8 Å². The zero-order valence-electron chi connectivity index (χ0n) is 7.18. The molecule has 0 saturated carbocycles. The number of hydrogen-bond acceptors (Lipinski definition) is 3. The van der Waals surface area contributed by atoms with Crippen LogP contribution in [0.25, 0.3) is 0 Å². The van der Waals surface area contributed by atoms with Crippen molar-refractivity contribution in [3.8, 4) is 0 Å². The largest absolute Gasteiger partial charge is 0.369 e. The second kappa shape index (κ2) is 6.12. The first-order chi connectivity index (χ1) is 5.13. The number of rotatable bonds is 6. The van der Waals surface area contributed by atoms with E-state index in [0.717, 1.165) is 13.1 Å². The smallest absolute Gasteiger partial charge is 0.231 e. The predicted molar refractivity (Wildman–Crippen MR) is 45.2 cm³/mol. The quantitative estimate of drug-likeness (QED) is 0.438. The minimum Gasteiger partial charge on any atom is -0.369 e. The van der Waals surface area contributed by atoms with Crippen molar-refractivity contribution in [2.75, 3.05) is 19.6 Å². The topological polar surface area (TPSA) is 67.2 Å². The average molecular weight is 159 g/mol. The Kier molecular flexibility index (Phi) is 5.78. The summed E-state index contributed by atoms with van der Waals surface area (Å²) in [5.74, 6) is -0.311. The summed E-state index contributed by atoms with van der Waals surface area (Å²) in [6.07, 6.45) is 0. The molecule has 66 valence electrons. The molecule has 0 spiro atoms. The van der Waals surface area contributed by atoms with Crippen molar-refractivity contribution in [3.63, 3.8) is 0 Å². The maximum absolute atomic E-state index is 10.2. The second-order valence-corrected chi connectivity index (χ2v) is 2.75. The molecule has 0 heterocycles. The Labute approximate surface area is 67.5 Å². The molecular formula is C7H17N3O. The number of carbonyl (C=O) groups excluding carboxylic acids is 1. The Morgan fingerprint density at radius 1 is 1.45 bits per heavy atom. The highest BCUT2D eigenvalue weighted by Gasteiger charge is 1.93. The molecule has 0 aromatic heterocycles. The van der Waals surface area contributed by atoms with E-state index in [0.29, 0.717) is 6.04 Å². The SMILES string of the molecule is CC(C)NCCNCC(N)=O. The molecular weight excluding hydrogens is 142 g/mol. The molecule has 1 amide bonds. The number of hydrogen-bond donors (Lipinski definition) is 3. The first-order valence-electron chi connectivity index (χ1n) is 3.85. The number of amides is 1. The third-order valence-corrected chi connectivity index (χ3v) is 1.15. The normalized spacial score (nSPS) is 10.5. The summed E-state index contributed by atoms with van der Waals surface area (Å²) in [6.45, 7) is 6.06. The van der Waals surface area contributed by atoms with Gasteiger partial charge in [-0.3, -0.25) is 4.79 Å². The van der Waals surface area contributed by atoms with Gasteiger partial charge in [-0.05, 0) is 0 Å². The van der Waals surface area contributed by atoms with E-state index in [-0.39, 0.29) is 12.5 Å². The molecule has 0 fully saturated rings. The molecule has 0 bridgehead atoms. The van der Waals surface area contributed by atoms with Crippen molar-refractivity contribution in [2.24, 2.45) is 5.73 Å². The van der Waals surface area contributed by atoms with Gasteiger partial charge in [-0.2, -0.15) is 0 Å². The van der Waals surface area contributed by atoms with E-state index >= 15 is 0 Å². The molecule has 0 aromatic rings. The van der Waals surface area contributed by atoms with Gasteiger partial charge in [0.1, 0.15) is 0 Å². The van der Waals surface area contributed by atoms with E-state index in [1.807, 2.05) is 0 Å². The molecule has 0 atom stereocenters. The molecule has 0 saturated heterocycles.